The molecule has 0 bridgehead atoms. The third kappa shape index (κ3) is 6.63. The van der Waals surface area contributed by atoms with Crippen molar-refractivity contribution in [3.05, 3.63) is 112 Å². The number of imidazole rings is 1. The van der Waals surface area contributed by atoms with Gasteiger partial charge in [0.1, 0.15) is 22.5 Å². The Bertz CT molecular complexity index is 1530. The molecular weight excluding hydrogens is 549 g/mol. The number of carboxylic acid groups (broad SMARTS) is 1. The average molecular weight is 571 g/mol. The molecule has 3 N–H and O–H groups in total. The summed E-state index contributed by atoms with van der Waals surface area (Å²) in [6.07, 6.45) is 1.27. The summed E-state index contributed by atoms with van der Waals surface area (Å²) in [5.41, 5.74) is 1.96. The van der Waals surface area contributed by atoms with E-state index >= 15 is 0 Å². The number of H-pyrrole nitrogens is 1. The monoisotopic (exact) mass is 570 g/mol. The number of halogens is 4. The van der Waals surface area contributed by atoms with Crippen LogP contribution in [0.3, 0.4) is 0 Å². The number of nitrogens with zero attached hydrogens (tertiary/aromatic N) is 2. The van der Waals surface area contributed by atoms with Crippen LogP contribution in [0.1, 0.15) is 23.0 Å². The van der Waals surface area contributed by atoms with E-state index in [0.717, 1.165) is 34.7 Å². The lowest BCUT2D eigenvalue weighted by Crippen LogP contribution is -2.29. The van der Waals surface area contributed by atoms with Crippen LogP contribution in [0.2, 0.25) is 10.2 Å². The standard InChI is InChI=1S/C28H22Cl2F2N4O3/c1-36(28(38)39)18-9-7-17(8-10-18)25-26(30)35-27(34-25)22(15-16-5-3-2-4-6-16)33-23(37)14-11-19-21(31)13-12-20(29)24(19)32/h2-14,22H,15H2,1H3,(H,33,37)(H,34,35)(H,38,39)/t22-/m0/s1. The summed E-state index contributed by atoms with van der Waals surface area (Å²) in [4.78, 5) is 32.7. The van der Waals surface area contributed by atoms with Crippen molar-refractivity contribution in [1.82, 2.24) is 15.3 Å². The summed E-state index contributed by atoms with van der Waals surface area (Å²) in [5, 5.41) is 11.9. The molecule has 1 atom stereocenters. The number of aromatic nitrogens is 2. The minimum absolute atomic E-state index is 0.218. The Balaban J connectivity index is 1.61. The molecule has 0 saturated carbocycles. The Morgan fingerprint density at radius 1 is 1.08 bits per heavy atom. The van der Waals surface area contributed by atoms with Crippen molar-refractivity contribution in [1.29, 1.82) is 0 Å². The molecule has 200 valence electrons. The van der Waals surface area contributed by atoms with E-state index in [9.17, 15) is 23.5 Å². The fraction of sp³-hybridized carbons (Fsp3) is 0.107. The molecule has 2 amide bonds. The first-order valence-electron chi connectivity index (χ1n) is 11.6. The van der Waals surface area contributed by atoms with Gasteiger partial charge < -0.3 is 15.4 Å². The second kappa shape index (κ2) is 12.1. The van der Waals surface area contributed by atoms with Gasteiger partial charge in [-0.1, -0.05) is 65.7 Å². The van der Waals surface area contributed by atoms with Crippen LogP contribution in [0.4, 0.5) is 19.3 Å². The minimum Gasteiger partial charge on any atom is -0.465 e. The molecule has 0 unspecified atom stereocenters. The van der Waals surface area contributed by atoms with Gasteiger partial charge in [0.15, 0.2) is 5.82 Å². The van der Waals surface area contributed by atoms with Crippen molar-refractivity contribution >= 4 is 47.0 Å². The molecule has 0 spiro atoms. The first-order valence-corrected chi connectivity index (χ1v) is 12.4. The summed E-state index contributed by atoms with van der Waals surface area (Å²) in [7, 11) is 1.43. The maximum atomic E-state index is 14.2. The van der Waals surface area contributed by atoms with Crippen molar-refractivity contribution in [2.24, 2.45) is 0 Å². The Kier molecular flexibility index (Phi) is 8.63. The van der Waals surface area contributed by atoms with E-state index < -0.39 is 35.2 Å². The van der Waals surface area contributed by atoms with Gasteiger partial charge in [0, 0.05) is 29.9 Å². The van der Waals surface area contributed by atoms with Gasteiger partial charge in [-0.3, -0.25) is 9.69 Å². The van der Waals surface area contributed by atoms with Gasteiger partial charge in [-0.25, -0.2) is 18.6 Å². The molecule has 4 aromatic rings. The van der Waals surface area contributed by atoms with Gasteiger partial charge in [0.2, 0.25) is 5.91 Å². The molecule has 1 heterocycles. The maximum Gasteiger partial charge on any atom is 0.411 e. The van der Waals surface area contributed by atoms with E-state index in [-0.39, 0.29) is 10.2 Å². The lowest BCUT2D eigenvalue weighted by Gasteiger charge is -2.16. The maximum absolute atomic E-state index is 14.2. The number of nitrogens with one attached hydrogen (secondary N) is 2. The molecule has 3 aromatic carbocycles. The highest BCUT2D eigenvalue weighted by Crippen LogP contribution is 2.30. The minimum atomic E-state index is -1.10. The number of rotatable bonds is 8. The topological polar surface area (TPSA) is 98.3 Å². The van der Waals surface area contributed by atoms with Crippen molar-refractivity contribution in [3.63, 3.8) is 0 Å². The lowest BCUT2D eigenvalue weighted by molar-refractivity contribution is -0.117. The van der Waals surface area contributed by atoms with E-state index in [1.54, 1.807) is 24.3 Å². The average Bonchev–Trinajstić information content (AvgIpc) is 3.32. The Morgan fingerprint density at radius 3 is 2.44 bits per heavy atom. The van der Waals surface area contributed by atoms with E-state index in [0.29, 0.717) is 29.2 Å². The third-order valence-electron chi connectivity index (χ3n) is 5.90. The highest BCUT2D eigenvalue weighted by atomic mass is 35.5. The first kappa shape index (κ1) is 27.8. The Hall–Kier alpha value is -4.21. The molecule has 0 aliphatic rings. The normalized spacial score (nSPS) is 11.9. The zero-order chi connectivity index (χ0) is 28.1. The van der Waals surface area contributed by atoms with Gasteiger partial charge in [-0.05, 0) is 42.3 Å². The van der Waals surface area contributed by atoms with Crippen LogP contribution in [-0.4, -0.2) is 34.1 Å². The zero-order valence-corrected chi connectivity index (χ0v) is 22.0. The molecule has 4 rings (SSSR count). The van der Waals surface area contributed by atoms with Crippen LogP contribution in [-0.2, 0) is 11.2 Å². The fourth-order valence-electron chi connectivity index (χ4n) is 3.82. The highest BCUT2D eigenvalue weighted by molar-refractivity contribution is 6.32. The van der Waals surface area contributed by atoms with Crippen molar-refractivity contribution < 1.29 is 23.5 Å². The molecule has 7 nitrogen and oxygen atoms in total. The summed E-state index contributed by atoms with van der Waals surface area (Å²) in [5.74, 6) is -2.09. The number of anilines is 1. The molecule has 0 fully saturated rings. The van der Waals surface area contributed by atoms with Gasteiger partial charge in [-0.15, -0.1) is 0 Å². The number of carbonyl (C=O) groups excluding carboxylic acids is 1. The number of amides is 2. The van der Waals surface area contributed by atoms with Crippen LogP contribution < -0.4 is 10.2 Å². The first-order chi connectivity index (χ1) is 18.6. The van der Waals surface area contributed by atoms with Crippen LogP contribution in [0.5, 0.6) is 0 Å². The van der Waals surface area contributed by atoms with Crippen LogP contribution in [0.25, 0.3) is 17.3 Å². The van der Waals surface area contributed by atoms with Crippen LogP contribution in [0.15, 0.2) is 72.8 Å². The predicted octanol–water partition coefficient (Wildman–Crippen LogP) is 6.89. The van der Waals surface area contributed by atoms with Crippen LogP contribution in [0, 0.1) is 11.6 Å². The van der Waals surface area contributed by atoms with Gasteiger partial charge in [0.05, 0.1) is 11.1 Å². The molecule has 11 heteroatoms. The molecule has 0 radical (unpaired) electrons. The zero-order valence-electron chi connectivity index (χ0n) is 20.5. The van der Waals surface area contributed by atoms with Gasteiger partial charge >= 0.3 is 6.09 Å². The fourth-order valence-corrected chi connectivity index (χ4v) is 4.23. The molecule has 39 heavy (non-hydrogen) atoms. The number of aromatic amines is 1. The summed E-state index contributed by atoms with van der Waals surface area (Å²) in [6.45, 7) is 0. The molecule has 0 aliphatic carbocycles. The summed E-state index contributed by atoms with van der Waals surface area (Å²) < 4.78 is 28.3. The Morgan fingerprint density at radius 2 is 1.77 bits per heavy atom. The highest BCUT2D eigenvalue weighted by Gasteiger charge is 2.21. The lowest BCUT2D eigenvalue weighted by atomic mass is 10.1. The number of benzene rings is 3. The number of carbonyl (C=O) groups is 2. The summed E-state index contributed by atoms with van der Waals surface area (Å²) >= 11 is 12.2. The SMILES string of the molecule is CN(C(=O)O)c1ccc(-c2nc([C@H](Cc3ccccc3)NC(=O)C=Cc3c(F)ccc(Cl)c3F)[nH]c2Cl)cc1. The summed E-state index contributed by atoms with van der Waals surface area (Å²) in [6, 6.07) is 17.4. The Labute approximate surface area is 232 Å². The van der Waals surface area contributed by atoms with E-state index in [1.807, 2.05) is 30.3 Å². The number of hydrogen-bond acceptors (Lipinski definition) is 3. The molecule has 0 saturated heterocycles. The van der Waals surface area contributed by atoms with E-state index in [2.05, 4.69) is 15.3 Å². The van der Waals surface area contributed by atoms with Crippen molar-refractivity contribution in [2.45, 2.75) is 12.5 Å². The molecular formula is C28H22Cl2F2N4O3. The van der Waals surface area contributed by atoms with Gasteiger partial charge in [0.25, 0.3) is 0 Å². The smallest absolute Gasteiger partial charge is 0.411 e. The van der Waals surface area contributed by atoms with E-state index in [4.69, 9.17) is 23.2 Å². The van der Waals surface area contributed by atoms with Crippen molar-refractivity contribution in [2.75, 3.05) is 11.9 Å². The van der Waals surface area contributed by atoms with Crippen LogP contribution >= 0.6 is 23.2 Å². The predicted molar refractivity (Wildman–Crippen MR) is 147 cm³/mol. The second-order valence-corrected chi connectivity index (χ2v) is 9.30. The largest absolute Gasteiger partial charge is 0.465 e. The molecule has 1 aromatic heterocycles. The molecule has 0 aliphatic heterocycles. The third-order valence-corrected chi connectivity index (χ3v) is 6.47. The second-order valence-electron chi connectivity index (χ2n) is 8.51. The van der Waals surface area contributed by atoms with Crippen molar-refractivity contribution in [3.8, 4) is 11.3 Å². The van der Waals surface area contributed by atoms with Gasteiger partial charge in [-0.2, -0.15) is 0 Å². The quantitative estimate of drug-likeness (QED) is 0.159. The number of hydrogen-bond donors (Lipinski definition) is 3. The van der Waals surface area contributed by atoms with E-state index in [1.165, 1.54) is 7.05 Å².